The van der Waals surface area contributed by atoms with Crippen LogP contribution in [0, 0.1) is 17.0 Å². The molecule has 1 aromatic rings. The Morgan fingerprint density at radius 1 is 1.24 bits per heavy atom. The molecule has 1 atom stereocenters. The van der Waals surface area contributed by atoms with Crippen LogP contribution in [-0.2, 0) is 0 Å². The van der Waals surface area contributed by atoms with Crippen LogP contribution in [0.1, 0.15) is 50.0 Å². The van der Waals surface area contributed by atoms with Gasteiger partial charge in [0, 0.05) is 0 Å². The lowest BCUT2D eigenvalue weighted by Crippen LogP contribution is -2.21. The maximum absolute atomic E-state index is 13.2. The lowest BCUT2D eigenvalue weighted by atomic mass is 9.77. The first-order valence-corrected chi connectivity index (χ1v) is 6.62. The summed E-state index contributed by atoms with van der Waals surface area (Å²) in [6.07, 6.45) is 5.51. The van der Waals surface area contributed by atoms with Crippen molar-refractivity contribution in [1.29, 1.82) is 0 Å². The Hall–Kier alpha value is -0.630. The van der Waals surface area contributed by atoms with E-state index in [-0.39, 0.29) is 10.8 Å². The maximum atomic E-state index is 13.2. The van der Waals surface area contributed by atoms with Gasteiger partial charge in [0.15, 0.2) is 11.6 Å². The Morgan fingerprint density at radius 3 is 2.41 bits per heavy atom. The topological polar surface area (TPSA) is 0 Å². The quantitative estimate of drug-likeness (QED) is 0.653. The molecule has 0 spiro atoms. The maximum Gasteiger partial charge on any atom is 0.159 e. The first kappa shape index (κ1) is 12.8. The highest BCUT2D eigenvalue weighted by Gasteiger charge is 2.39. The highest BCUT2D eigenvalue weighted by Crippen LogP contribution is 2.53. The van der Waals surface area contributed by atoms with E-state index in [1.165, 1.54) is 25.0 Å². The Kier molecular flexibility index (Phi) is 3.72. The van der Waals surface area contributed by atoms with Crippen molar-refractivity contribution in [2.45, 2.75) is 44.4 Å². The monoisotopic (exact) mass is 258 g/mol. The van der Waals surface area contributed by atoms with Crippen molar-refractivity contribution in [3.05, 3.63) is 35.4 Å². The van der Waals surface area contributed by atoms with Crippen LogP contribution in [0.15, 0.2) is 18.2 Å². The summed E-state index contributed by atoms with van der Waals surface area (Å²) in [5.74, 6) is -1.62. The molecule has 0 aliphatic heterocycles. The Balaban J connectivity index is 2.29. The Morgan fingerprint density at radius 2 is 1.88 bits per heavy atom. The highest BCUT2D eigenvalue weighted by atomic mass is 35.5. The average Bonchev–Trinajstić information content (AvgIpc) is 2.81. The molecule has 17 heavy (non-hydrogen) atoms. The molecule has 0 aromatic heterocycles. The fourth-order valence-corrected chi connectivity index (χ4v) is 3.40. The summed E-state index contributed by atoms with van der Waals surface area (Å²) in [7, 11) is 0. The van der Waals surface area contributed by atoms with Gasteiger partial charge in [-0.15, -0.1) is 11.6 Å². The molecule has 1 unspecified atom stereocenters. The molecule has 94 valence electrons. The van der Waals surface area contributed by atoms with Crippen LogP contribution in [-0.4, -0.2) is 0 Å². The second-order valence-electron chi connectivity index (χ2n) is 4.96. The molecule has 2 rings (SSSR count). The first-order chi connectivity index (χ1) is 8.09. The molecular weight excluding hydrogens is 242 g/mol. The second-order valence-corrected chi connectivity index (χ2v) is 5.40. The third-order valence-corrected chi connectivity index (χ3v) is 4.79. The minimum absolute atomic E-state index is 0.0613. The van der Waals surface area contributed by atoms with Gasteiger partial charge >= 0.3 is 0 Å². The van der Waals surface area contributed by atoms with E-state index in [1.54, 1.807) is 6.07 Å². The number of halogens is 3. The van der Waals surface area contributed by atoms with E-state index >= 15 is 0 Å². The molecule has 1 aliphatic carbocycles. The summed E-state index contributed by atoms with van der Waals surface area (Å²) in [4.78, 5) is 0. The second kappa shape index (κ2) is 4.93. The molecule has 0 bridgehead atoms. The molecule has 1 aliphatic rings. The van der Waals surface area contributed by atoms with E-state index in [2.05, 4.69) is 6.92 Å². The molecule has 1 aromatic carbocycles. The molecular formula is C14H17ClF2. The van der Waals surface area contributed by atoms with Crippen LogP contribution < -0.4 is 0 Å². The molecule has 1 saturated carbocycles. The molecule has 0 nitrogen and oxygen atoms in total. The predicted octanol–water partition coefficient (Wildman–Crippen LogP) is 5.22. The van der Waals surface area contributed by atoms with Crippen LogP contribution in [0.4, 0.5) is 8.78 Å². The largest absolute Gasteiger partial charge is 0.204 e. The summed E-state index contributed by atoms with van der Waals surface area (Å²) in [5.41, 5.74) is 0.764. The lowest BCUT2D eigenvalue weighted by molar-refractivity contribution is 0.270. The van der Waals surface area contributed by atoms with Gasteiger partial charge in [0.2, 0.25) is 0 Å². The molecule has 0 saturated heterocycles. The summed E-state index contributed by atoms with van der Waals surface area (Å²) in [5, 5.41) is -0.218. The third kappa shape index (κ3) is 2.33. The fraction of sp³-hybridized carbons (Fsp3) is 0.571. The van der Waals surface area contributed by atoms with E-state index in [1.807, 2.05) is 0 Å². The van der Waals surface area contributed by atoms with Gasteiger partial charge in [-0.05, 0) is 42.4 Å². The summed E-state index contributed by atoms with van der Waals surface area (Å²) < 4.78 is 26.1. The van der Waals surface area contributed by atoms with Crippen molar-refractivity contribution in [2.24, 2.45) is 5.41 Å². The van der Waals surface area contributed by atoms with E-state index in [0.717, 1.165) is 19.3 Å². The highest BCUT2D eigenvalue weighted by molar-refractivity contribution is 6.21. The third-order valence-electron chi connectivity index (χ3n) is 4.08. The van der Waals surface area contributed by atoms with Gasteiger partial charge in [-0.1, -0.05) is 25.8 Å². The van der Waals surface area contributed by atoms with Crippen LogP contribution in [0.3, 0.4) is 0 Å². The molecule has 3 heteroatoms. The zero-order chi connectivity index (χ0) is 12.5. The zero-order valence-electron chi connectivity index (χ0n) is 9.98. The molecule has 0 heterocycles. The minimum atomic E-state index is -0.811. The number of hydrogen-bond acceptors (Lipinski definition) is 0. The van der Waals surface area contributed by atoms with Gasteiger partial charge < -0.3 is 0 Å². The van der Waals surface area contributed by atoms with Crippen LogP contribution in [0.5, 0.6) is 0 Å². The van der Waals surface area contributed by atoms with Crippen molar-refractivity contribution in [3.63, 3.8) is 0 Å². The predicted molar refractivity (Wildman–Crippen MR) is 66.1 cm³/mol. The van der Waals surface area contributed by atoms with Gasteiger partial charge in [0.25, 0.3) is 0 Å². The summed E-state index contributed by atoms with van der Waals surface area (Å²) in [6.45, 7) is 2.13. The Bertz CT molecular complexity index is 397. The van der Waals surface area contributed by atoms with Gasteiger partial charge in [-0.2, -0.15) is 0 Å². The normalized spacial score (nSPS) is 20.5. The SMILES string of the molecule is CCC1(C(Cl)c2ccc(F)c(F)c2)CCCC1. The lowest BCUT2D eigenvalue weighted by Gasteiger charge is -2.33. The van der Waals surface area contributed by atoms with E-state index < -0.39 is 11.6 Å². The smallest absolute Gasteiger partial charge is 0.159 e. The van der Waals surface area contributed by atoms with Crippen molar-refractivity contribution in [3.8, 4) is 0 Å². The van der Waals surface area contributed by atoms with Gasteiger partial charge in [-0.25, -0.2) is 8.78 Å². The van der Waals surface area contributed by atoms with Crippen molar-refractivity contribution < 1.29 is 8.78 Å². The van der Waals surface area contributed by atoms with E-state index in [0.29, 0.717) is 5.56 Å². The van der Waals surface area contributed by atoms with Gasteiger partial charge in [-0.3, -0.25) is 0 Å². The van der Waals surface area contributed by atoms with Crippen LogP contribution in [0.2, 0.25) is 0 Å². The standard InChI is InChI=1S/C14H17ClF2/c1-2-14(7-3-4-8-14)13(15)10-5-6-11(16)12(17)9-10/h5-6,9,13H,2-4,7-8H2,1H3. The van der Waals surface area contributed by atoms with Gasteiger partial charge in [0.05, 0.1) is 5.38 Å². The summed E-state index contributed by atoms with van der Waals surface area (Å²) >= 11 is 6.50. The van der Waals surface area contributed by atoms with E-state index in [4.69, 9.17) is 11.6 Å². The number of alkyl halides is 1. The molecule has 0 N–H and O–H groups in total. The van der Waals surface area contributed by atoms with Crippen LogP contribution in [0.25, 0.3) is 0 Å². The van der Waals surface area contributed by atoms with E-state index in [9.17, 15) is 8.78 Å². The van der Waals surface area contributed by atoms with Crippen molar-refractivity contribution in [1.82, 2.24) is 0 Å². The average molecular weight is 259 g/mol. The number of hydrogen-bond donors (Lipinski definition) is 0. The zero-order valence-corrected chi connectivity index (χ0v) is 10.7. The molecule has 0 radical (unpaired) electrons. The fourth-order valence-electron chi connectivity index (χ4n) is 2.89. The number of benzene rings is 1. The minimum Gasteiger partial charge on any atom is -0.204 e. The Labute approximate surface area is 106 Å². The van der Waals surface area contributed by atoms with Gasteiger partial charge in [0.1, 0.15) is 0 Å². The first-order valence-electron chi connectivity index (χ1n) is 6.18. The van der Waals surface area contributed by atoms with Crippen molar-refractivity contribution >= 4 is 11.6 Å². The van der Waals surface area contributed by atoms with Crippen molar-refractivity contribution in [2.75, 3.05) is 0 Å². The molecule has 0 amide bonds. The molecule has 1 fully saturated rings. The van der Waals surface area contributed by atoms with Crippen LogP contribution >= 0.6 is 11.6 Å². The number of rotatable bonds is 3. The summed E-state index contributed by atoms with van der Waals surface area (Å²) in [6, 6.07) is 4.01.